The SMILES string of the molecule is CC.CC/C=C(/C=C(/C(=O)N(CC)CC)c1cc(OCc2ccc(O)c(F)c2)ccc1C)C(C)=O. The molecule has 5 nitrogen and oxygen atoms in total. The van der Waals surface area contributed by atoms with Crippen LogP contribution in [-0.4, -0.2) is 34.8 Å². The van der Waals surface area contributed by atoms with Gasteiger partial charge >= 0.3 is 0 Å². The third kappa shape index (κ3) is 8.39. The molecule has 0 unspecified atom stereocenters. The van der Waals surface area contributed by atoms with Gasteiger partial charge in [0.15, 0.2) is 17.3 Å². The lowest BCUT2D eigenvalue weighted by molar-refractivity contribution is -0.124. The minimum absolute atomic E-state index is 0.0944. The summed E-state index contributed by atoms with van der Waals surface area (Å²) in [5.74, 6) is -0.894. The fourth-order valence-electron chi connectivity index (χ4n) is 3.40. The van der Waals surface area contributed by atoms with Gasteiger partial charge in [-0.2, -0.15) is 0 Å². The Morgan fingerprint density at radius 1 is 1.06 bits per heavy atom. The Hall–Kier alpha value is -3.41. The number of hydrogen-bond donors (Lipinski definition) is 1. The van der Waals surface area contributed by atoms with Crippen LogP contribution in [-0.2, 0) is 16.2 Å². The molecule has 190 valence electrons. The predicted octanol–water partition coefficient (Wildman–Crippen LogP) is 6.62. The number of hydrogen-bond acceptors (Lipinski definition) is 4. The van der Waals surface area contributed by atoms with E-state index in [9.17, 15) is 19.1 Å². The van der Waals surface area contributed by atoms with Crippen molar-refractivity contribution in [3.63, 3.8) is 0 Å². The van der Waals surface area contributed by atoms with Crippen molar-refractivity contribution in [2.75, 3.05) is 13.1 Å². The van der Waals surface area contributed by atoms with Crippen molar-refractivity contribution >= 4 is 17.3 Å². The average molecular weight is 484 g/mol. The molecule has 0 saturated carbocycles. The number of benzene rings is 2. The van der Waals surface area contributed by atoms with Crippen LogP contribution in [0.3, 0.4) is 0 Å². The van der Waals surface area contributed by atoms with E-state index in [4.69, 9.17) is 4.74 Å². The van der Waals surface area contributed by atoms with Crippen LogP contribution in [0.25, 0.3) is 5.57 Å². The van der Waals surface area contributed by atoms with Gasteiger partial charge in [0, 0.05) is 24.2 Å². The summed E-state index contributed by atoms with van der Waals surface area (Å²) >= 11 is 0. The molecule has 2 aromatic rings. The van der Waals surface area contributed by atoms with Gasteiger partial charge in [0.1, 0.15) is 12.4 Å². The van der Waals surface area contributed by atoms with Gasteiger partial charge in [-0.3, -0.25) is 9.59 Å². The molecule has 0 atom stereocenters. The largest absolute Gasteiger partial charge is 0.505 e. The number of phenols is 1. The zero-order valence-corrected chi connectivity index (χ0v) is 21.9. The molecule has 0 radical (unpaired) electrons. The van der Waals surface area contributed by atoms with Crippen LogP contribution in [0.5, 0.6) is 11.5 Å². The predicted molar refractivity (Wildman–Crippen MR) is 140 cm³/mol. The molecule has 0 bridgehead atoms. The molecular formula is C29H38FNO4. The van der Waals surface area contributed by atoms with Crippen molar-refractivity contribution in [1.29, 1.82) is 0 Å². The molecule has 1 N–H and O–H groups in total. The topological polar surface area (TPSA) is 66.8 Å². The molecule has 2 rings (SSSR count). The minimum Gasteiger partial charge on any atom is -0.505 e. The van der Waals surface area contributed by atoms with Crippen LogP contribution >= 0.6 is 0 Å². The third-order valence-electron chi connectivity index (χ3n) is 5.33. The van der Waals surface area contributed by atoms with E-state index in [1.807, 2.05) is 53.7 Å². The Morgan fingerprint density at radius 2 is 1.71 bits per heavy atom. The van der Waals surface area contributed by atoms with Crippen molar-refractivity contribution in [2.45, 2.75) is 61.5 Å². The van der Waals surface area contributed by atoms with E-state index < -0.39 is 11.6 Å². The maximum absolute atomic E-state index is 13.6. The standard InChI is InChI=1S/C27H32FNO4.C2H6/c1-6-9-21(19(5)30)15-24(27(32)29(7-2)8-3)23-16-22(12-10-18(23)4)33-17-20-11-13-26(31)25(28)14-20;1-2/h9-16,31H,6-8,17H2,1-5H3;1-2H3/b21-9-,24-15+;. The summed E-state index contributed by atoms with van der Waals surface area (Å²) in [5.41, 5.74) is 3.01. The first-order valence-corrected chi connectivity index (χ1v) is 12.1. The molecule has 0 fully saturated rings. The van der Waals surface area contributed by atoms with Crippen LogP contribution in [0.4, 0.5) is 4.39 Å². The molecule has 0 saturated heterocycles. The second-order valence-electron chi connectivity index (χ2n) is 7.71. The summed E-state index contributed by atoms with van der Waals surface area (Å²) in [6, 6.07) is 9.47. The zero-order valence-electron chi connectivity index (χ0n) is 21.9. The maximum atomic E-state index is 13.6. The number of rotatable bonds is 10. The van der Waals surface area contributed by atoms with E-state index in [0.717, 1.165) is 5.56 Å². The summed E-state index contributed by atoms with van der Waals surface area (Å²) in [5, 5.41) is 9.36. The number of nitrogens with zero attached hydrogens (tertiary/aromatic N) is 1. The normalized spacial score (nSPS) is 11.4. The number of carbonyl (C=O) groups is 2. The van der Waals surface area contributed by atoms with Crippen LogP contribution in [0.1, 0.15) is 64.7 Å². The van der Waals surface area contributed by atoms with Crippen LogP contribution < -0.4 is 4.74 Å². The summed E-state index contributed by atoms with van der Waals surface area (Å²) < 4.78 is 19.5. The Kier molecular flexibility index (Phi) is 12.5. The molecule has 0 aliphatic heterocycles. The van der Waals surface area contributed by atoms with Crippen molar-refractivity contribution in [3.05, 3.63) is 76.6 Å². The van der Waals surface area contributed by atoms with E-state index in [-0.39, 0.29) is 18.3 Å². The number of phenolic OH excluding ortho intramolecular Hbond substituents is 1. The van der Waals surface area contributed by atoms with E-state index >= 15 is 0 Å². The lowest BCUT2D eigenvalue weighted by atomic mass is 9.95. The molecule has 1 amide bonds. The van der Waals surface area contributed by atoms with Gasteiger partial charge in [0.2, 0.25) is 0 Å². The molecule has 0 heterocycles. The number of amides is 1. The van der Waals surface area contributed by atoms with Crippen LogP contribution in [0.2, 0.25) is 0 Å². The summed E-state index contributed by atoms with van der Waals surface area (Å²) in [6.07, 6.45) is 4.14. The Bertz CT molecular complexity index is 1070. The molecule has 0 aliphatic rings. The minimum atomic E-state index is -0.713. The number of aryl methyl sites for hydroxylation is 1. The quantitative estimate of drug-likeness (QED) is 0.305. The van der Waals surface area contributed by atoms with Gasteiger partial charge in [-0.25, -0.2) is 4.39 Å². The summed E-state index contributed by atoms with van der Waals surface area (Å²) in [7, 11) is 0. The molecule has 6 heteroatoms. The number of ketones is 1. The number of aromatic hydroxyl groups is 1. The third-order valence-corrected chi connectivity index (χ3v) is 5.33. The fourth-order valence-corrected chi connectivity index (χ4v) is 3.40. The van der Waals surface area contributed by atoms with Crippen LogP contribution in [0, 0.1) is 12.7 Å². The number of allylic oxidation sites excluding steroid dienone is 3. The average Bonchev–Trinajstić information content (AvgIpc) is 2.85. The van der Waals surface area contributed by atoms with Crippen molar-refractivity contribution in [3.8, 4) is 11.5 Å². The summed E-state index contributed by atoms with van der Waals surface area (Å²) in [6.45, 7) is 14.3. The van der Waals surface area contributed by atoms with E-state index in [1.165, 1.54) is 19.1 Å². The number of halogens is 1. The Labute approximate surface area is 208 Å². The first-order valence-electron chi connectivity index (χ1n) is 12.1. The molecule has 0 aliphatic carbocycles. The molecule has 0 spiro atoms. The summed E-state index contributed by atoms with van der Waals surface area (Å²) in [4.78, 5) is 27.3. The van der Waals surface area contributed by atoms with Gasteiger partial charge in [0.25, 0.3) is 5.91 Å². The highest BCUT2D eigenvalue weighted by Gasteiger charge is 2.21. The number of Topliss-reactive ketones (excluding diaryl/α,β-unsaturated/α-hetero) is 1. The van der Waals surface area contributed by atoms with Gasteiger partial charge in [0.05, 0.1) is 0 Å². The van der Waals surface area contributed by atoms with Gasteiger partial charge < -0.3 is 14.7 Å². The second kappa shape index (κ2) is 14.8. The lowest BCUT2D eigenvalue weighted by Gasteiger charge is -2.22. The number of carbonyl (C=O) groups excluding carboxylic acids is 2. The number of ether oxygens (including phenoxy) is 1. The lowest BCUT2D eigenvalue weighted by Crippen LogP contribution is -2.31. The fraction of sp³-hybridized carbons (Fsp3) is 0.379. The highest BCUT2D eigenvalue weighted by atomic mass is 19.1. The maximum Gasteiger partial charge on any atom is 0.254 e. The van der Waals surface area contributed by atoms with Gasteiger partial charge in [-0.05, 0) is 81.1 Å². The van der Waals surface area contributed by atoms with Gasteiger partial charge in [-0.15, -0.1) is 0 Å². The molecular weight excluding hydrogens is 445 g/mol. The number of likely N-dealkylation sites (N-methyl/N-ethyl adjacent to an activating group) is 1. The highest BCUT2D eigenvalue weighted by Crippen LogP contribution is 2.28. The van der Waals surface area contributed by atoms with Crippen molar-refractivity contribution in [1.82, 2.24) is 4.90 Å². The Balaban J connectivity index is 0.00000298. The van der Waals surface area contributed by atoms with Gasteiger partial charge in [-0.1, -0.05) is 39.0 Å². The highest BCUT2D eigenvalue weighted by molar-refractivity contribution is 6.21. The molecule has 0 aromatic heterocycles. The monoisotopic (exact) mass is 483 g/mol. The molecule has 2 aromatic carbocycles. The Morgan fingerprint density at radius 3 is 2.26 bits per heavy atom. The first-order chi connectivity index (χ1) is 16.7. The van der Waals surface area contributed by atoms with E-state index in [0.29, 0.717) is 47.5 Å². The van der Waals surface area contributed by atoms with E-state index in [1.54, 1.807) is 29.2 Å². The zero-order chi connectivity index (χ0) is 26.5. The smallest absolute Gasteiger partial charge is 0.254 e. The van der Waals surface area contributed by atoms with Crippen molar-refractivity contribution < 1.29 is 23.8 Å². The van der Waals surface area contributed by atoms with Crippen molar-refractivity contribution in [2.24, 2.45) is 0 Å². The molecule has 35 heavy (non-hydrogen) atoms. The first kappa shape index (κ1) is 29.6. The second-order valence-corrected chi connectivity index (χ2v) is 7.71. The van der Waals surface area contributed by atoms with E-state index in [2.05, 4.69) is 0 Å². The van der Waals surface area contributed by atoms with Crippen LogP contribution in [0.15, 0.2) is 54.1 Å².